The van der Waals surface area contributed by atoms with Crippen molar-refractivity contribution in [1.82, 2.24) is 5.32 Å². The summed E-state index contributed by atoms with van der Waals surface area (Å²) in [5.74, 6) is 0.163. The van der Waals surface area contributed by atoms with Crippen LogP contribution in [0.2, 0.25) is 0 Å². The molecule has 0 bridgehead atoms. The molecule has 126 valence electrons. The lowest BCUT2D eigenvalue weighted by atomic mass is 9.85. The Morgan fingerprint density at radius 1 is 1.23 bits per heavy atom. The maximum atomic E-state index is 11.9. The number of hydrogen-bond acceptors (Lipinski definition) is 4. The van der Waals surface area contributed by atoms with E-state index < -0.39 is 17.7 Å². The number of carbonyl (C=O) groups excluding carboxylic acids is 2. The van der Waals surface area contributed by atoms with Crippen LogP contribution >= 0.6 is 0 Å². The first-order valence-corrected chi connectivity index (χ1v) is 8.06. The van der Waals surface area contributed by atoms with E-state index in [9.17, 15) is 9.59 Å². The van der Waals surface area contributed by atoms with Crippen molar-refractivity contribution in [3.8, 4) is 0 Å². The van der Waals surface area contributed by atoms with Crippen LogP contribution < -0.4 is 5.32 Å². The molecule has 1 atom stereocenters. The number of methoxy groups -OCH3 is 1. The fourth-order valence-electron chi connectivity index (χ4n) is 2.69. The summed E-state index contributed by atoms with van der Waals surface area (Å²) < 4.78 is 9.90. The van der Waals surface area contributed by atoms with E-state index >= 15 is 0 Å². The number of ether oxygens (including phenoxy) is 2. The van der Waals surface area contributed by atoms with Gasteiger partial charge in [0.25, 0.3) is 0 Å². The molecule has 1 saturated carbocycles. The Kier molecular flexibility index (Phi) is 7.42. The van der Waals surface area contributed by atoms with Crippen molar-refractivity contribution in [3.05, 3.63) is 12.2 Å². The molecule has 0 aliphatic heterocycles. The first-order chi connectivity index (χ1) is 10.3. The topological polar surface area (TPSA) is 64.6 Å². The number of carbonyl (C=O) groups is 2. The van der Waals surface area contributed by atoms with Crippen LogP contribution in [0.3, 0.4) is 0 Å². The summed E-state index contributed by atoms with van der Waals surface area (Å²) in [5, 5.41) is 2.84. The Bertz CT molecular complexity index is 392. The summed E-state index contributed by atoms with van der Waals surface area (Å²) in [5.41, 5.74) is -0.536. The minimum Gasteiger partial charge on any atom is -0.466 e. The third-order valence-corrected chi connectivity index (χ3v) is 3.68. The molecule has 0 aromatic heterocycles. The monoisotopic (exact) mass is 311 g/mol. The molecular formula is C17H29NO4. The van der Waals surface area contributed by atoms with Crippen LogP contribution in [0.5, 0.6) is 0 Å². The summed E-state index contributed by atoms with van der Waals surface area (Å²) in [6.45, 7) is 5.48. The van der Waals surface area contributed by atoms with E-state index in [2.05, 4.69) is 10.1 Å². The smallest absolute Gasteiger partial charge is 0.408 e. The SMILES string of the molecule is COC(=O)C=CC(CC1CCCCC1)NC(=O)OC(C)(C)C. The minimum atomic E-state index is -0.536. The number of amides is 1. The van der Waals surface area contributed by atoms with E-state index in [1.165, 1.54) is 45.3 Å². The number of hydrogen-bond donors (Lipinski definition) is 1. The lowest BCUT2D eigenvalue weighted by Crippen LogP contribution is -2.39. The summed E-state index contributed by atoms with van der Waals surface area (Å²) in [6, 6.07) is -0.211. The number of nitrogens with one attached hydrogen (secondary N) is 1. The van der Waals surface area contributed by atoms with Gasteiger partial charge < -0.3 is 14.8 Å². The summed E-state index contributed by atoms with van der Waals surface area (Å²) in [7, 11) is 1.34. The standard InChI is InChI=1S/C17H29NO4/c1-17(2,3)22-16(20)18-14(10-11-15(19)21-4)12-13-8-6-5-7-9-13/h10-11,13-14H,5-9,12H2,1-4H3,(H,18,20). The predicted molar refractivity (Wildman–Crippen MR) is 85.5 cm³/mol. The number of rotatable bonds is 5. The van der Waals surface area contributed by atoms with Gasteiger partial charge in [0.2, 0.25) is 0 Å². The van der Waals surface area contributed by atoms with Crippen LogP contribution in [0.25, 0.3) is 0 Å². The number of alkyl carbamates (subject to hydrolysis) is 1. The van der Waals surface area contributed by atoms with Gasteiger partial charge in [-0.3, -0.25) is 0 Å². The number of esters is 1. The van der Waals surface area contributed by atoms with E-state index in [1.807, 2.05) is 20.8 Å². The largest absolute Gasteiger partial charge is 0.466 e. The molecule has 0 saturated heterocycles. The van der Waals surface area contributed by atoms with Gasteiger partial charge in [0.05, 0.1) is 13.2 Å². The van der Waals surface area contributed by atoms with Gasteiger partial charge in [0.15, 0.2) is 0 Å². The lowest BCUT2D eigenvalue weighted by molar-refractivity contribution is -0.134. The Morgan fingerprint density at radius 2 is 1.86 bits per heavy atom. The van der Waals surface area contributed by atoms with E-state index in [0.29, 0.717) is 5.92 Å². The second kappa shape index (κ2) is 8.81. The van der Waals surface area contributed by atoms with Crippen LogP contribution in [0.15, 0.2) is 12.2 Å². The first kappa shape index (κ1) is 18.5. The van der Waals surface area contributed by atoms with Gasteiger partial charge >= 0.3 is 12.1 Å². The first-order valence-electron chi connectivity index (χ1n) is 8.06. The molecule has 0 heterocycles. The van der Waals surface area contributed by atoms with Gasteiger partial charge in [-0.1, -0.05) is 38.2 Å². The van der Waals surface area contributed by atoms with Crippen LogP contribution in [0, 0.1) is 5.92 Å². The molecule has 1 unspecified atom stereocenters. The summed E-state index contributed by atoms with van der Waals surface area (Å²) in [4.78, 5) is 23.2. The lowest BCUT2D eigenvalue weighted by Gasteiger charge is -2.27. The zero-order valence-electron chi connectivity index (χ0n) is 14.2. The third-order valence-electron chi connectivity index (χ3n) is 3.68. The predicted octanol–water partition coefficient (Wildman–Crippen LogP) is 3.58. The van der Waals surface area contributed by atoms with E-state index in [0.717, 1.165) is 6.42 Å². The second-order valence-electron chi connectivity index (χ2n) is 6.87. The van der Waals surface area contributed by atoms with Crippen molar-refractivity contribution >= 4 is 12.1 Å². The molecule has 0 aromatic carbocycles. The molecule has 1 aliphatic carbocycles. The van der Waals surface area contributed by atoms with Gasteiger partial charge in [-0.15, -0.1) is 0 Å². The van der Waals surface area contributed by atoms with Crippen LogP contribution in [0.1, 0.15) is 59.3 Å². The fraction of sp³-hybridized carbons (Fsp3) is 0.765. The van der Waals surface area contributed by atoms with Crippen molar-refractivity contribution in [2.75, 3.05) is 7.11 Å². The molecular weight excluding hydrogens is 282 g/mol. The van der Waals surface area contributed by atoms with Crippen molar-refractivity contribution in [2.24, 2.45) is 5.92 Å². The fourth-order valence-corrected chi connectivity index (χ4v) is 2.69. The molecule has 1 N–H and O–H groups in total. The van der Waals surface area contributed by atoms with Gasteiger partial charge in [-0.05, 0) is 33.1 Å². The molecule has 0 radical (unpaired) electrons. The molecule has 22 heavy (non-hydrogen) atoms. The molecule has 0 spiro atoms. The minimum absolute atomic E-state index is 0.211. The van der Waals surface area contributed by atoms with Gasteiger partial charge in [0.1, 0.15) is 5.60 Å². The summed E-state index contributed by atoms with van der Waals surface area (Å²) in [6.07, 6.45) is 9.56. The highest BCUT2D eigenvalue weighted by Gasteiger charge is 2.22. The third kappa shape index (κ3) is 8.05. The van der Waals surface area contributed by atoms with Crippen molar-refractivity contribution in [1.29, 1.82) is 0 Å². The Balaban J connectivity index is 2.61. The summed E-state index contributed by atoms with van der Waals surface area (Å²) >= 11 is 0. The zero-order valence-corrected chi connectivity index (χ0v) is 14.2. The maximum absolute atomic E-state index is 11.9. The van der Waals surface area contributed by atoms with Crippen LogP contribution in [-0.2, 0) is 14.3 Å². The Labute approximate surface area is 133 Å². The van der Waals surface area contributed by atoms with Crippen LogP contribution in [-0.4, -0.2) is 30.8 Å². The maximum Gasteiger partial charge on any atom is 0.408 e. The molecule has 1 amide bonds. The molecule has 0 aromatic rings. The zero-order chi connectivity index (χ0) is 16.6. The van der Waals surface area contributed by atoms with Crippen LogP contribution in [0.4, 0.5) is 4.79 Å². The highest BCUT2D eigenvalue weighted by atomic mass is 16.6. The van der Waals surface area contributed by atoms with Crippen molar-refractivity contribution in [2.45, 2.75) is 70.9 Å². The van der Waals surface area contributed by atoms with Gasteiger partial charge in [-0.2, -0.15) is 0 Å². The molecule has 5 heteroatoms. The molecule has 5 nitrogen and oxygen atoms in total. The molecule has 1 aliphatic rings. The Hall–Kier alpha value is -1.52. The van der Waals surface area contributed by atoms with Gasteiger partial charge in [0, 0.05) is 6.08 Å². The average molecular weight is 311 g/mol. The van der Waals surface area contributed by atoms with Crippen molar-refractivity contribution < 1.29 is 19.1 Å². The normalized spacial score (nSPS) is 18.0. The average Bonchev–Trinajstić information content (AvgIpc) is 2.43. The highest BCUT2D eigenvalue weighted by molar-refractivity contribution is 5.82. The molecule has 1 rings (SSSR count). The van der Waals surface area contributed by atoms with E-state index in [-0.39, 0.29) is 6.04 Å². The quantitative estimate of drug-likeness (QED) is 0.622. The molecule has 1 fully saturated rings. The van der Waals surface area contributed by atoms with E-state index in [4.69, 9.17) is 4.74 Å². The highest BCUT2D eigenvalue weighted by Crippen LogP contribution is 2.27. The van der Waals surface area contributed by atoms with Crippen molar-refractivity contribution in [3.63, 3.8) is 0 Å². The Morgan fingerprint density at radius 3 is 2.41 bits per heavy atom. The second-order valence-corrected chi connectivity index (χ2v) is 6.87. The van der Waals surface area contributed by atoms with E-state index in [1.54, 1.807) is 6.08 Å². The van der Waals surface area contributed by atoms with Gasteiger partial charge in [-0.25, -0.2) is 9.59 Å².